The van der Waals surface area contributed by atoms with Crippen LogP contribution in [0.2, 0.25) is 0 Å². The minimum atomic E-state index is 0. The predicted octanol–water partition coefficient (Wildman–Crippen LogP) is 3.69. The van der Waals surface area contributed by atoms with Crippen LogP contribution in [0.3, 0.4) is 0 Å². The monoisotopic (exact) mass is 452 g/mol. The molecule has 2 rings (SSSR count). The summed E-state index contributed by atoms with van der Waals surface area (Å²) < 4.78 is 0. The summed E-state index contributed by atoms with van der Waals surface area (Å²) >= 11 is 0. The molecule has 2 N–H and O–H groups in total. The lowest BCUT2D eigenvalue weighted by Crippen LogP contribution is -2.44. The van der Waals surface area contributed by atoms with Crippen molar-refractivity contribution in [2.24, 2.45) is 4.99 Å². The van der Waals surface area contributed by atoms with E-state index in [9.17, 15) is 0 Å². The standard InChI is InChI=1S/C20H28N4.HI/c1-16-8-7-9-17(14-16)20(2,3)15-24-19(21-4)23-13-11-18-10-5-6-12-22-18;/h5-10,12,14H,11,13,15H2,1-4H3,(H2,21,23,24);1H. The molecule has 1 heterocycles. The van der Waals surface area contributed by atoms with E-state index < -0.39 is 0 Å². The average molecular weight is 452 g/mol. The second-order valence-corrected chi connectivity index (χ2v) is 6.68. The van der Waals surface area contributed by atoms with Gasteiger partial charge in [0.1, 0.15) is 0 Å². The van der Waals surface area contributed by atoms with Crippen molar-refractivity contribution in [3.8, 4) is 0 Å². The van der Waals surface area contributed by atoms with Crippen molar-refractivity contribution in [2.45, 2.75) is 32.6 Å². The Bertz CT molecular complexity index is 668. The largest absolute Gasteiger partial charge is 0.356 e. The number of pyridine rings is 1. The number of benzene rings is 1. The van der Waals surface area contributed by atoms with E-state index in [0.29, 0.717) is 0 Å². The molecule has 2 aromatic rings. The van der Waals surface area contributed by atoms with Crippen LogP contribution in [0.4, 0.5) is 0 Å². The Balaban J connectivity index is 0.00000312. The number of aryl methyl sites for hydroxylation is 1. The number of nitrogens with one attached hydrogen (secondary N) is 2. The number of aromatic nitrogens is 1. The average Bonchev–Trinajstić information content (AvgIpc) is 2.59. The second-order valence-electron chi connectivity index (χ2n) is 6.68. The highest BCUT2D eigenvalue weighted by atomic mass is 127. The molecule has 0 atom stereocenters. The van der Waals surface area contributed by atoms with Crippen molar-refractivity contribution in [1.29, 1.82) is 0 Å². The molecule has 0 saturated carbocycles. The van der Waals surface area contributed by atoms with Gasteiger partial charge in [0.05, 0.1) is 0 Å². The third-order valence-corrected chi connectivity index (χ3v) is 4.12. The van der Waals surface area contributed by atoms with Gasteiger partial charge in [-0.25, -0.2) is 0 Å². The molecule has 0 radical (unpaired) electrons. The van der Waals surface area contributed by atoms with Gasteiger partial charge >= 0.3 is 0 Å². The zero-order valence-corrected chi connectivity index (χ0v) is 17.9. The van der Waals surface area contributed by atoms with Crippen LogP contribution < -0.4 is 10.6 Å². The second kappa shape index (κ2) is 10.4. The van der Waals surface area contributed by atoms with E-state index in [1.54, 1.807) is 7.05 Å². The summed E-state index contributed by atoms with van der Waals surface area (Å²) in [6, 6.07) is 14.7. The number of hydrogen-bond acceptors (Lipinski definition) is 2. The summed E-state index contributed by atoms with van der Waals surface area (Å²) in [6.45, 7) is 8.25. The zero-order chi connectivity index (χ0) is 17.4. The third kappa shape index (κ3) is 7.02. The topological polar surface area (TPSA) is 49.3 Å². The van der Waals surface area contributed by atoms with Gasteiger partial charge in [-0.05, 0) is 24.6 Å². The molecule has 0 amide bonds. The van der Waals surface area contributed by atoms with Crippen molar-refractivity contribution < 1.29 is 0 Å². The molecule has 136 valence electrons. The molecule has 0 saturated heterocycles. The van der Waals surface area contributed by atoms with Crippen LogP contribution in [-0.4, -0.2) is 31.1 Å². The van der Waals surface area contributed by atoms with Crippen molar-refractivity contribution in [2.75, 3.05) is 20.1 Å². The van der Waals surface area contributed by atoms with E-state index in [1.807, 2.05) is 24.4 Å². The first-order valence-electron chi connectivity index (χ1n) is 8.43. The molecule has 0 aliphatic carbocycles. The minimum absolute atomic E-state index is 0. The van der Waals surface area contributed by atoms with Gasteiger partial charge in [0.2, 0.25) is 0 Å². The maximum atomic E-state index is 4.33. The summed E-state index contributed by atoms with van der Waals surface area (Å²) in [4.78, 5) is 8.64. The van der Waals surface area contributed by atoms with Crippen LogP contribution >= 0.6 is 24.0 Å². The summed E-state index contributed by atoms with van der Waals surface area (Å²) in [7, 11) is 1.80. The Labute approximate surface area is 168 Å². The number of halogens is 1. The summed E-state index contributed by atoms with van der Waals surface area (Å²) in [5.41, 5.74) is 3.74. The lowest BCUT2D eigenvalue weighted by molar-refractivity contribution is 0.508. The molecule has 0 bridgehead atoms. The minimum Gasteiger partial charge on any atom is -0.356 e. The highest BCUT2D eigenvalue weighted by Crippen LogP contribution is 2.22. The van der Waals surface area contributed by atoms with Crippen LogP contribution in [0.5, 0.6) is 0 Å². The maximum Gasteiger partial charge on any atom is 0.191 e. The van der Waals surface area contributed by atoms with E-state index >= 15 is 0 Å². The first-order valence-corrected chi connectivity index (χ1v) is 8.43. The predicted molar refractivity (Wildman–Crippen MR) is 117 cm³/mol. The van der Waals surface area contributed by atoms with Gasteiger partial charge in [-0.15, -0.1) is 24.0 Å². The molecule has 0 aliphatic rings. The smallest absolute Gasteiger partial charge is 0.191 e. The zero-order valence-electron chi connectivity index (χ0n) is 15.5. The van der Waals surface area contributed by atoms with E-state index in [2.05, 4.69) is 65.6 Å². The summed E-state index contributed by atoms with van der Waals surface area (Å²) in [6.07, 6.45) is 2.70. The molecular weight excluding hydrogens is 423 g/mol. The Morgan fingerprint density at radius 2 is 1.92 bits per heavy atom. The number of hydrogen-bond donors (Lipinski definition) is 2. The van der Waals surface area contributed by atoms with Gasteiger partial charge in [0.15, 0.2) is 5.96 Å². The summed E-state index contributed by atoms with van der Waals surface area (Å²) in [5.74, 6) is 0.826. The molecule has 1 aromatic carbocycles. The number of guanidine groups is 1. The molecule has 0 fully saturated rings. The van der Waals surface area contributed by atoms with Crippen LogP contribution in [0, 0.1) is 6.92 Å². The first kappa shape index (κ1) is 21.4. The highest BCUT2D eigenvalue weighted by Gasteiger charge is 2.20. The van der Waals surface area contributed by atoms with Gasteiger partial charge in [-0.3, -0.25) is 9.98 Å². The fraction of sp³-hybridized carbons (Fsp3) is 0.400. The van der Waals surface area contributed by atoms with Gasteiger partial charge in [-0.2, -0.15) is 0 Å². The van der Waals surface area contributed by atoms with Crippen molar-refractivity contribution in [3.63, 3.8) is 0 Å². The van der Waals surface area contributed by atoms with Crippen LogP contribution in [0.15, 0.2) is 53.7 Å². The fourth-order valence-corrected chi connectivity index (χ4v) is 2.55. The van der Waals surface area contributed by atoms with E-state index in [4.69, 9.17) is 0 Å². The Hall–Kier alpha value is -1.63. The summed E-state index contributed by atoms with van der Waals surface area (Å²) in [5, 5.41) is 6.78. The fourth-order valence-electron chi connectivity index (χ4n) is 2.55. The highest BCUT2D eigenvalue weighted by molar-refractivity contribution is 14.0. The molecule has 5 heteroatoms. The normalized spacial score (nSPS) is 11.6. The molecule has 0 aliphatic heterocycles. The Morgan fingerprint density at radius 3 is 2.56 bits per heavy atom. The van der Waals surface area contributed by atoms with Crippen molar-refractivity contribution >= 4 is 29.9 Å². The number of nitrogens with zero attached hydrogens (tertiary/aromatic N) is 2. The molecule has 0 unspecified atom stereocenters. The molecular formula is C20H29IN4. The molecule has 4 nitrogen and oxygen atoms in total. The lowest BCUT2D eigenvalue weighted by Gasteiger charge is -2.27. The van der Waals surface area contributed by atoms with Crippen molar-refractivity contribution in [1.82, 2.24) is 15.6 Å². The molecule has 1 aromatic heterocycles. The van der Waals surface area contributed by atoms with Crippen LogP contribution in [-0.2, 0) is 11.8 Å². The quantitative estimate of drug-likeness (QED) is 0.399. The van der Waals surface area contributed by atoms with E-state index in [1.165, 1.54) is 11.1 Å². The SMILES string of the molecule is CN=C(NCCc1ccccn1)NCC(C)(C)c1cccc(C)c1.I. The van der Waals surface area contributed by atoms with Gasteiger partial charge in [-0.1, -0.05) is 49.7 Å². The number of rotatable bonds is 6. The molecule has 0 spiro atoms. The third-order valence-electron chi connectivity index (χ3n) is 4.12. The number of aliphatic imine (C=N–C) groups is 1. The van der Waals surface area contributed by atoms with Gasteiger partial charge in [0.25, 0.3) is 0 Å². The van der Waals surface area contributed by atoms with E-state index in [0.717, 1.165) is 31.2 Å². The molecule has 25 heavy (non-hydrogen) atoms. The Morgan fingerprint density at radius 1 is 1.12 bits per heavy atom. The van der Waals surface area contributed by atoms with Crippen LogP contribution in [0.25, 0.3) is 0 Å². The Kier molecular flexibility index (Phi) is 8.89. The lowest BCUT2D eigenvalue weighted by atomic mass is 9.84. The van der Waals surface area contributed by atoms with Gasteiger partial charge < -0.3 is 10.6 Å². The first-order chi connectivity index (χ1) is 11.5. The van der Waals surface area contributed by atoms with Crippen molar-refractivity contribution in [3.05, 3.63) is 65.5 Å². The van der Waals surface area contributed by atoms with Gasteiger partial charge in [0, 0.05) is 43.9 Å². The van der Waals surface area contributed by atoms with E-state index in [-0.39, 0.29) is 29.4 Å². The maximum absolute atomic E-state index is 4.33. The van der Waals surface area contributed by atoms with Crippen LogP contribution in [0.1, 0.15) is 30.7 Å².